The minimum atomic E-state index is 0.711. The Bertz CT molecular complexity index is 578. The molecule has 2 aromatic rings. The van der Waals surface area contributed by atoms with Crippen molar-refractivity contribution in [3.05, 3.63) is 59.4 Å². The number of nitrogens with one attached hydrogen (secondary N) is 2. The van der Waals surface area contributed by atoms with Crippen molar-refractivity contribution >= 4 is 17.6 Å². The lowest BCUT2D eigenvalue weighted by Crippen LogP contribution is -2.39. The molecule has 5 heteroatoms. The monoisotopic (exact) mass is 318 g/mol. The highest BCUT2D eigenvalue weighted by molar-refractivity contribution is 6.31. The van der Waals surface area contributed by atoms with Crippen LogP contribution in [0.4, 0.5) is 0 Å². The average Bonchev–Trinajstić information content (AvgIpc) is 3.02. The summed E-state index contributed by atoms with van der Waals surface area (Å²) >= 11 is 6.16. The van der Waals surface area contributed by atoms with Crippen LogP contribution >= 0.6 is 11.6 Å². The SMILES string of the molecule is CCNC(=NCCc1ccccc1Cl)NCCn1cccc1. The predicted molar refractivity (Wildman–Crippen MR) is 93.6 cm³/mol. The van der Waals surface area contributed by atoms with Crippen LogP contribution in [0.3, 0.4) is 0 Å². The number of nitrogens with zero attached hydrogens (tertiary/aromatic N) is 2. The molecule has 2 rings (SSSR count). The van der Waals surface area contributed by atoms with Gasteiger partial charge in [-0.15, -0.1) is 0 Å². The van der Waals surface area contributed by atoms with Crippen molar-refractivity contribution in [1.82, 2.24) is 15.2 Å². The van der Waals surface area contributed by atoms with Crippen molar-refractivity contribution in [2.24, 2.45) is 4.99 Å². The predicted octanol–water partition coefficient (Wildman–Crippen LogP) is 2.94. The fourth-order valence-corrected chi connectivity index (χ4v) is 2.38. The van der Waals surface area contributed by atoms with Gasteiger partial charge in [-0.1, -0.05) is 29.8 Å². The molecule has 0 amide bonds. The number of hydrogen-bond acceptors (Lipinski definition) is 1. The number of hydrogen-bond donors (Lipinski definition) is 2. The van der Waals surface area contributed by atoms with Crippen LogP contribution in [-0.4, -0.2) is 30.2 Å². The number of benzene rings is 1. The highest BCUT2D eigenvalue weighted by atomic mass is 35.5. The van der Waals surface area contributed by atoms with Crippen LogP contribution in [0.1, 0.15) is 12.5 Å². The average molecular weight is 319 g/mol. The summed E-state index contributed by atoms with van der Waals surface area (Å²) in [4.78, 5) is 4.60. The van der Waals surface area contributed by atoms with Crippen molar-refractivity contribution in [3.8, 4) is 0 Å². The normalized spacial score (nSPS) is 11.5. The van der Waals surface area contributed by atoms with E-state index in [1.54, 1.807) is 0 Å². The first-order valence-corrected chi connectivity index (χ1v) is 8.03. The van der Waals surface area contributed by atoms with Gasteiger partial charge >= 0.3 is 0 Å². The van der Waals surface area contributed by atoms with Crippen molar-refractivity contribution < 1.29 is 0 Å². The third kappa shape index (κ3) is 5.45. The van der Waals surface area contributed by atoms with Gasteiger partial charge < -0.3 is 15.2 Å². The molecule has 0 saturated carbocycles. The van der Waals surface area contributed by atoms with Gasteiger partial charge in [-0.05, 0) is 37.1 Å². The van der Waals surface area contributed by atoms with E-state index in [9.17, 15) is 0 Å². The topological polar surface area (TPSA) is 41.4 Å². The summed E-state index contributed by atoms with van der Waals surface area (Å²) in [6, 6.07) is 12.0. The van der Waals surface area contributed by atoms with Crippen molar-refractivity contribution in [1.29, 1.82) is 0 Å². The van der Waals surface area contributed by atoms with Crippen LogP contribution < -0.4 is 10.6 Å². The Morgan fingerprint density at radius 1 is 1.14 bits per heavy atom. The largest absolute Gasteiger partial charge is 0.357 e. The maximum Gasteiger partial charge on any atom is 0.191 e. The first-order chi connectivity index (χ1) is 10.8. The second-order valence-corrected chi connectivity index (χ2v) is 5.36. The second kappa shape index (κ2) is 9.15. The molecule has 0 bridgehead atoms. The zero-order valence-electron chi connectivity index (χ0n) is 12.9. The molecule has 2 N–H and O–H groups in total. The van der Waals surface area contributed by atoms with E-state index in [4.69, 9.17) is 11.6 Å². The fraction of sp³-hybridized carbons (Fsp3) is 0.353. The number of guanidine groups is 1. The van der Waals surface area contributed by atoms with Gasteiger partial charge in [-0.3, -0.25) is 4.99 Å². The quantitative estimate of drug-likeness (QED) is 0.609. The molecule has 0 aliphatic carbocycles. The van der Waals surface area contributed by atoms with E-state index in [1.807, 2.05) is 36.4 Å². The van der Waals surface area contributed by atoms with E-state index in [-0.39, 0.29) is 0 Å². The third-order valence-electron chi connectivity index (χ3n) is 3.28. The van der Waals surface area contributed by atoms with Crippen LogP contribution in [-0.2, 0) is 13.0 Å². The Hall–Kier alpha value is -1.94. The van der Waals surface area contributed by atoms with Gasteiger partial charge in [-0.25, -0.2) is 0 Å². The van der Waals surface area contributed by atoms with E-state index >= 15 is 0 Å². The molecule has 4 nitrogen and oxygen atoms in total. The minimum Gasteiger partial charge on any atom is -0.357 e. The van der Waals surface area contributed by atoms with E-state index < -0.39 is 0 Å². The standard InChI is InChI=1S/C17H23ClN4/c1-2-19-17(21-11-14-22-12-5-6-13-22)20-10-9-15-7-3-4-8-16(15)18/h3-8,12-13H,2,9-11,14H2,1H3,(H2,19,20,21). The number of rotatable bonds is 7. The number of aromatic nitrogens is 1. The van der Waals surface area contributed by atoms with E-state index in [2.05, 4.69) is 39.5 Å². The molecule has 0 radical (unpaired) electrons. The molecule has 0 fully saturated rings. The van der Waals surface area contributed by atoms with E-state index in [1.165, 1.54) is 0 Å². The van der Waals surface area contributed by atoms with Gasteiger partial charge in [0.25, 0.3) is 0 Å². The van der Waals surface area contributed by atoms with Crippen molar-refractivity contribution in [3.63, 3.8) is 0 Å². The summed E-state index contributed by atoms with van der Waals surface area (Å²) in [5.74, 6) is 0.849. The molecule has 0 spiro atoms. The van der Waals surface area contributed by atoms with Gasteiger partial charge in [0, 0.05) is 43.6 Å². The molecular formula is C17H23ClN4. The minimum absolute atomic E-state index is 0.711. The maximum atomic E-state index is 6.16. The molecule has 0 saturated heterocycles. The van der Waals surface area contributed by atoms with Crippen molar-refractivity contribution in [2.75, 3.05) is 19.6 Å². The Morgan fingerprint density at radius 3 is 2.64 bits per heavy atom. The van der Waals surface area contributed by atoms with Gasteiger partial charge in [0.2, 0.25) is 0 Å². The summed E-state index contributed by atoms with van der Waals surface area (Å²) in [5, 5.41) is 7.41. The van der Waals surface area contributed by atoms with E-state index in [0.717, 1.165) is 42.6 Å². The fourth-order valence-electron chi connectivity index (χ4n) is 2.15. The van der Waals surface area contributed by atoms with Crippen molar-refractivity contribution in [2.45, 2.75) is 19.9 Å². The Labute approximate surface area is 137 Å². The molecule has 0 unspecified atom stereocenters. The third-order valence-corrected chi connectivity index (χ3v) is 3.65. The molecular weight excluding hydrogens is 296 g/mol. The van der Waals surface area contributed by atoms with Gasteiger partial charge in [-0.2, -0.15) is 0 Å². The molecule has 1 aromatic heterocycles. The molecule has 22 heavy (non-hydrogen) atoms. The molecule has 1 heterocycles. The smallest absolute Gasteiger partial charge is 0.191 e. The van der Waals surface area contributed by atoms with Gasteiger partial charge in [0.1, 0.15) is 0 Å². The second-order valence-electron chi connectivity index (χ2n) is 4.95. The van der Waals surface area contributed by atoms with Crippen LogP contribution in [0.5, 0.6) is 0 Å². The van der Waals surface area contributed by atoms with Crippen LogP contribution in [0, 0.1) is 0 Å². The lowest BCUT2D eigenvalue weighted by molar-refractivity contribution is 0.665. The summed E-state index contributed by atoms with van der Waals surface area (Å²) in [6.07, 6.45) is 4.96. The Balaban J connectivity index is 1.80. The molecule has 118 valence electrons. The lowest BCUT2D eigenvalue weighted by Gasteiger charge is -2.12. The molecule has 0 atom stereocenters. The molecule has 0 aliphatic heterocycles. The summed E-state index contributed by atoms with van der Waals surface area (Å²) in [7, 11) is 0. The Morgan fingerprint density at radius 2 is 1.91 bits per heavy atom. The molecule has 1 aromatic carbocycles. The zero-order valence-corrected chi connectivity index (χ0v) is 13.7. The summed E-state index contributed by atoms with van der Waals surface area (Å²) < 4.78 is 2.14. The van der Waals surface area contributed by atoms with Gasteiger partial charge in [0.05, 0.1) is 0 Å². The van der Waals surface area contributed by atoms with Crippen LogP contribution in [0.25, 0.3) is 0 Å². The number of halogens is 1. The number of aliphatic imine (C=N–C) groups is 1. The zero-order chi connectivity index (χ0) is 15.6. The first-order valence-electron chi connectivity index (χ1n) is 7.66. The summed E-state index contributed by atoms with van der Waals surface area (Å²) in [6.45, 7) is 5.38. The highest BCUT2D eigenvalue weighted by Crippen LogP contribution is 2.15. The van der Waals surface area contributed by atoms with Crippen LogP contribution in [0.15, 0.2) is 53.8 Å². The Kier molecular flexibility index (Phi) is 6.84. The first kappa shape index (κ1) is 16.4. The molecule has 0 aliphatic rings. The lowest BCUT2D eigenvalue weighted by atomic mass is 10.1. The maximum absolute atomic E-state index is 6.16. The van der Waals surface area contributed by atoms with Crippen LogP contribution in [0.2, 0.25) is 5.02 Å². The highest BCUT2D eigenvalue weighted by Gasteiger charge is 2.00. The summed E-state index contributed by atoms with van der Waals surface area (Å²) in [5.41, 5.74) is 1.14. The van der Waals surface area contributed by atoms with Gasteiger partial charge in [0.15, 0.2) is 5.96 Å². The van der Waals surface area contributed by atoms with E-state index in [0.29, 0.717) is 6.54 Å².